The summed E-state index contributed by atoms with van der Waals surface area (Å²) >= 11 is 0. The fraction of sp³-hybridized carbons (Fsp3) is 0.696. The largest absolute Gasteiger partial charge is 0.490 e. The number of allylic oxidation sites excluding steroid dienone is 1. The fourth-order valence-corrected chi connectivity index (χ4v) is 9.43. The number of aliphatic hydroxyl groups excluding tert-OH is 2. The van der Waals surface area contributed by atoms with Gasteiger partial charge in [0.15, 0.2) is 0 Å². The van der Waals surface area contributed by atoms with Crippen molar-refractivity contribution in [2.45, 2.75) is 147 Å². The van der Waals surface area contributed by atoms with Crippen molar-refractivity contribution in [3.05, 3.63) is 60.7 Å². The predicted octanol–water partition coefficient (Wildman–Crippen LogP) is 9.67. The van der Waals surface area contributed by atoms with E-state index in [9.17, 15) is 15.0 Å². The van der Waals surface area contributed by atoms with Crippen LogP contribution >= 0.6 is 0 Å². The Morgan fingerprint density at radius 1 is 0.927 bits per heavy atom. The molecule has 1 saturated carbocycles. The number of rotatable bonds is 28. The van der Waals surface area contributed by atoms with E-state index < -0.39 is 11.8 Å². The molecule has 1 amide bonds. The van der Waals surface area contributed by atoms with Gasteiger partial charge >= 0.3 is 0 Å². The van der Waals surface area contributed by atoms with Crippen LogP contribution in [-0.2, 0) is 14.4 Å². The molecule has 308 valence electrons. The van der Waals surface area contributed by atoms with E-state index in [1.165, 1.54) is 38.5 Å². The van der Waals surface area contributed by atoms with E-state index in [1.54, 1.807) is 19.3 Å². The molecule has 1 aliphatic heterocycles. The lowest BCUT2D eigenvalue weighted by Gasteiger charge is -2.60. The van der Waals surface area contributed by atoms with Gasteiger partial charge in [-0.3, -0.25) is 4.79 Å². The van der Waals surface area contributed by atoms with Crippen molar-refractivity contribution in [2.75, 3.05) is 40.1 Å². The van der Waals surface area contributed by atoms with E-state index in [0.29, 0.717) is 32.4 Å². The molecule has 4 rings (SSSR count). The number of carbonyl (C=O) groups excluding carboxylic acids is 1. The van der Waals surface area contributed by atoms with E-state index in [2.05, 4.69) is 39.1 Å². The fourth-order valence-electron chi connectivity index (χ4n) is 9.43. The molecular formula is C46H72N2O7. The average molecular weight is 765 g/mol. The number of unbranched alkanes of at least 4 members (excludes halogenated alkanes) is 10. The third kappa shape index (κ3) is 11.5. The number of hydrogen-bond donors (Lipinski definition) is 2. The smallest absolute Gasteiger partial charge is 0.239 e. The van der Waals surface area contributed by atoms with Gasteiger partial charge in [0.2, 0.25) is 11.7 Å². The van der Waals surface area contributed by atoms with Crippen molar-refractivity contribution in [2.24, 2.45) is 22.9 Å². The maximum Gasteiger partial charge on any atom is 0.239 e. The average Bonchev–Trinajstić information content (AvgIpc) is 3.19. The molecule has 2 N–H and O–H groups in total. The maximum atomic E-state index is 14.5. The summed E-state index contributed by atoms with van der Waals surface area (Å²) in [4.78, 5) is 22.1. The van der Waals surface area contributed by atoms with E-state index >= 15 is 0 Å². The van der Waals surface area contributed by atoms with Gasteiger partial charge in [-0.05, 0) is 74.1 Å². The molecule has 9 nitrogen and oxygen atoms in total. The molecule has 6 atom stereocenters. The van der Waals surface area contributed by atoms with E-state index in [0.717, 1.165) is 86.1 Å². The van der Waals surface area contributed by atoms with E-state index in [4.69, 9.17) is 24.2 Å². The first-order valence-electron chi connectivity index (χ1n) is 21.6. The van der Waals surface area contributed by atoms with Gasteiger partial charge in [-0.25, -0.2) is 0 Å². The van der Waals surface area contributed by atoms with Crippen LogP contribution in [-0.4, -0.2) is 78.6 Å². The number of aliphatic hydroxyl groups is 2. The number of ether oxygens (including phenoxy) is 3. The van der Waals surface area contributed by atoms with Gasteiger partial charge in [0.1, 0.15) is 31.3 Å². The van der Waals surface area contributed by atoms with Gasteiger partial charge in [-0.15, -0.1) is 6.58 Å². The van der Waals surface area contributed by atoms with Crippen molar-refractivity contribution < 1.29 is 34.1 Å². The monoisotopic (exact) mass is 765 g/mol. The van der Waals surface area contributed by atoms with Gasteiger partial charge in [0.05, 0.1) is 18.2 Å². The summed E-state index contributed by atoms with van der Waals surface area (Å²) in [7, 11) is 1.59. The summed E-state index contributed by atoms with van der Waals surface area (Å²) in [6.45, 7) is 13.8. The van der Waals surface area contributed by atoms with Gasteiger partial charge in [-0.2, -0.15) is 0 Å². The molecule has 1 aromatic carbocycles. The Bertz CT molecular complexity index is 1390. The number of nitrogens with zero attached hydrogens (tertiary/aromatic N) is 2. The highest BCUT2D eigenvalue weighted by atomic mass is 16.7. The summed E-state index contributed by atoms with van der Waals surface area (Å²) < 4.78 is 20.4. The lowest BCUT2D eigenvalue weighted by molar-refractivity contribution is -0.257. The Balaban J connectivity index is 1.82. The van der Waals surface area contributed by atoms with E-state index in [-0.39, 0.29) is 49.4 Å². The highest BCUT2D eigenvalue weighted by Crippen LogP contribution is 2.62. The molecule has 1 aromatic rings. The topological polar surface area (TPSA) is 110 Å². The van der Waals surface area contributed by atoms with Crippen molar-refractivity contribution in [3.8, 4) is 11.5 Å². The van der Waals surface area contributed by atoms with Crippen LogP contribution in [0.1, 0.15) is 141 Å². The zero-order valence-corrected chi connectivity index (χ0v) is 34.4. The van der Waals surface area contributed by atoms with Crippen LogP contribution < -0.4 is 9.47 Å². The summed E-state index contributed by atoms with van der Waals surface area (Å²) in [5.41, 5.74) is 2.92. The number of hydrogen-bond acceptors (Lipinski definition) is 8. The Morgan fingerprint density at radius 3 is 2.27 bits per heavy atom. The second-order valence-electron chi connectivity index (χ2n) is 15.7. The van der Waals surface area contributed by atoms with E-state index in [1.807, 2.05) is 17.0 Å². The minimum Gasteiger partial charge on any atom is -0.490 e. The third-order valence-corrected chi connectivity index (χ3v) is 11.9. The minimum atomic E-state index is -1.22. The number of carbonyl (C=O) groups is 1. The van der Waals surface area contributed by atoms with Crippen LogP contribution in [0.2, 0.25) is 0 Å². The van der Waals surface area contributed by atoms with Crippen molar-refractivity contribution in [1.29, 1.82) is 0 Å². The van der Waals surface area contributed by atoms with Crippen LogP contribution in [0, 0.1) is 17.8 Å². The van der Waals surface area contributed by atoms with Gasteiger partial charge < -0.3 is 34.2 Å². The molecule has 0 bridgehead atoms. The first-order valence-corrected chi connectivity index (χ1v) is 21.6. The lowest BCUT2D eigenvalue weighted by atomic mass is 9.55. The lowest BCUT2D eigenvalue weighted by Crippen LogP contribution is -2.70. The second kappa shape index (κ2) is 23.8. The van der Waals surface area contributed by atoms with Gasteiger partial charge in [0.25, 0.3) is 0 Å². The van der Waals surface area contributed by atoms with Crippen LogP contribution in [0.4, 0.5) is 0 Å². The Morgan fingerprint density at radius 2 is 1.62 bits per heavy atom. The second-order valence-corrected chi connectivity index (χ2v) is 15.7. The molecule has 0 spiro atoms. The highest BCUT2D eigenvalue weighted by Gasteiger charge is 2.65. The molecule has 55 heavy (non-hydrogen) atoms. The zero-order valence-electron chi connectivity index (χ0n) is 34.4. The molecular weight excluding hydrogens is 693 g/mol. The molecule has 0 saturated heterocycles. The first-order chi connectivity index (χ1) is 26.9. The third-order valence-electron chi connectivity index (χ3n) is 11.9. The Kier molecular flexibility index (Phi) is 19.3. The van der Waals surface area contributed by atoms with Crippen LogP contribution in [0.25, 0.3) is 0 Å². The van der Waals surface area contributed by atoms with Crippen molar-refractivity contribution >= 4 is 11.6 Å². The van der Waals surface area contributed by atoms with Crippen molar-refractivity contribution in [1.82, 2.24) is 4.90 Å². The molecule has 3 aliphatic rings. The van der Waals surface area contributed by atoms with Gasteiger partial charge in [-0.1, -0.05) is 108 Å². The number of oxime groups is 1. The standard InChI is InChI=1S/C46H72N2O7/c1-6-10-11-12-13-14-15-16-17-24-43(51)48(27-7-2)42-34-40(47-52-5)38-32-35(22-18-20-28-49)37(23-19-21-29-50)44-39-33-36(53-30-8-3)25-26-41(39)55-46(42,45(38)44)54-31-9-4/h8-9,25-26,32-33,35,37,42,44-45,49-50H,3-4,6-7,10-24,27-31,34H2,1-2,5H3/t35-,37+,42-,44+,45+,46+/m0/s1. The van der Waals surface area contributed by atoms with Gasteiger partial charge in [0, 0.05) is 44.1 Å². The maximum absolute atomic E-state index is 14.5. The molecule has 2 aliphatic carbocycles. The zero-order chi connectivity index (χ0) is 39.5. The molecule has 9 heteroatoms. The summed E-state index contributed by atoms with van der Waals surface area (Å²) in [6.07, 6.45) is 23.3. The normalized spacial score (nSPS) is 24.6. The predicted molar refractivity (Wildman–Crippen MR) is 222 cm³/mol. The van der Waals surface area contributed by atoms with Crippen LogP contribution in [0.15, 0.2) is 60.3 Å². The van der Waals surface area contributed by atoms with Crippen LogP contribution in [0.3, 0.4) is 0 Å². The summed E-state index contributed by atoms with van der Waals surface area (Å²) in [5.74, 6) is 0.350. The molecule has 0 aromatic heterocycles. The van der Waals surface area contributed by atoms with Crippen molar-refractivity contribution in [3.63, 3.8) is 0 Å². The molecule has 1 fully saturated rings. The number of fused-ring (bicyclic) bond motifs is 2. The SMILES string of the molecule is C=CCOc1ccc2c(c1)[C@H]1[C@H](CCCCO)[C@@H](CCCCO)C=C3C(=NOC)C[C@H](N(CCC)C(=O)CCCCCCCCCCC)[C@@](OCC=C)(O2)[C@H]31. The Labute approximate surface area is 332 Å². The quantitative estimate of drug-likeness (QED) is 0.0497. The molecule has 0 unspecified atom stereocenters. The summed E-state index contributed by atoms with van der Waals surface area (Å²) in [6, 6.07) is 5.59. The highest BCUT2D eigenvalue weighted by molar-refractivity contribution is 6.03. The molecule has 1 heterocycles. The summed E-state index contributed by atoms with van der Waals surface area (Å²) in [5, 5.41) is 24.3. The molecule has 0 radical (unpaired) electrons. The number of benzene rings is 1. The number of amides is 1. The Hall–Kier alpha value is -3.14. The first kappa shape index (κ1) is 44.6. The van der Waals surface area contributed by atoms with Crippen LogP contribution in [0.5, 0.6) is 11.5 Å². The minimum absolute atomic E-state index is 0.0700.